The summed E-state index contributed by atoms with van der Waals surface area (Å²) < 4.78 is 0. The maximum Gasteiger partial charge on any atom is 0.162 e. The minimum absolute atomic E-state index is 0.0566. The van der Waals surface area contributed by atoms with Crippen LogP contribution in [0.1, 0.15) is 18.9 Å². The summed E-state index contributed by atoms with van der Waals surface area (Å²) >= 11 is 2.00. The van der Waals surface area contributed by atoms with E-state index in [4.69, 9.17) is 11.1 Å². The van der Waals surface area contributed by atoms with Gasteiger partial charge in [-0.2, -0.15) is 16.9 Å². The molecular weight excluding hydrogens is 234 g/mol. The van der Waals surface area contributed by atoms with Gasteiger partial charge in [0.15, 0.2) is 5.82 Å². The van der Waals surface area contributed by atoms with Crippen molar-refractivity contribution >= 4 is 23.4 Å². The van der Waals surface area contributed by atoms with E-state index in [-0.39, 0.29) is 5.84 Å². The number of nitrogens with two attached hydrogens (primary N) is 1. The molecule has 1 saturated heterocycles. The lowest BCUT2D eigenvalue weighted by Gasteiger charge is -2.33. The van der Waals surface area contributed by atoms with E-state index in [9.17, 15) is 0 Å². The molecule has 0 radical (unpaired) electrons. The van der Waals surface area contributed by atoms with Gasteiger partial charge in [0.25, 0.3) is 0 Å². The number of amidine groups is 1. The average Bonchev–Trinajstić information content (AvgIpc) is 2.39. The van der Waals surface area contributed by atoms with Crippen LogP contribution >= 0.6 is 11.8 Å². The Labute approximate surface area is 105 Å². The molecule has 0 spiro atoms. The zero-order valence-electron chi connectivity index (χ0n) is 9.89. The quantitative estimate of drug-likeness (QED) is 0.621. The number of thioether (sulfide) groups is 1. The molecule has 1 atom stereocenters. The van der Waals surface area contributed by atoms with Crippen LogP contribution in [0.25, 0.3) is 0 Å². The normalized spacial score (nSPS) is 20.3. The number of nitrogens with zero attached hydrogens (tertiary/aromatic N) is 3. The van der Waals surface area contributed by atoms with Gasteiger partial charge in [0.2, 0.25) is 0 Å². The highest BCUT2D eigenvalue weighted by molar-refractivity contribution is 8.00. The van der Waals surface area contributed by atoms with Crippen LogP contribution in [0.2, 0.25) is 0 Å². The molecule has 5 nitrogen and oxygen atoms in total. The minimum atomic E-state index is 0.0566. The Balaban J connectivity index is 2.24. The van der Waals surface area contributed by atoms with Crippen LogP contribution in [0.4, 0.5) is 5.82 Å². The van der Waals surface area contributed by atoms with Crippen LogP contribution in [-0.4, -0.2) is 40.1 Å². The molecule has 92 valence electrons. The van der Waals surface area contributed by atoms with Crippen molar-refractivity contribution in [2.45, 2.75) is 18.6 Å². The Kier molecular flexibility index (Phi) is 3.83. The zero-order chi connectivity index (χ0) is 12.3. The van der Waals surface area contributed by atoms with E-state index in [0.29, 0.717) is 10.8 Å². The smallest absolute Gasteiger partial charge is 0.162 e. The van der Waals surface area contributed by atoms with Crippen molar-refractivity contribution in [1.82, 2.24) is 10.2 Å². The summed E-state index contributed by atoms with van der Waals surface area (Å²) in [6, 6.07) is 1.76. The van der Waals surface area contributed by atoms with Gasteiger partial charge in [0.05, 0.1) is 11.8 Å². The fourth-order valence-electron chi connectivity index (χ4n) is 1.93. The lowest BCUT2D eigenvalue weighted by molar-refractivity contribution is 0.713. The van der Waals surface area contributed by atoms with Gasteiger partial charge in [0.1, 0.15) is 5.84 Å². The summed E-state index contributed by atoms with van der Waals surface area (Å²) in [4.78, 5) is 2.19. The van der Waals surface area contributed by atoms with Crippen LogP contribution in [-0.2, 0) is 0 Å². The molecule has 1 unspecified atom stereocenters. The second-order valence-electron chi connectivity index (χ2n) is 4.03. The van der Waals surface area contributed by atoms with Crippen LogP contribution in [0.5, 0.6) is 0 Å². The topological polar surface area (TPSA) is 78.9 Å². The lowest BCUT2D eigenvalue weighted by Crippen LogP contribution is -2.39. The predicted octanol–water partition coefficient (Wildman–Crippen LogP) is 1.09. The Hall–Kier alpha value is -1.30. The minimum Gasteiger partial charge on any atom is -0.384 e. The van der Waals surface area contributed by atoms with E-state index < -0.39 is 0 Å². The predicted molar refractivity (Wildman–Crippen MR) is 71.8 cm³/mol. The third-order valence-electron chi connectivity index (χ3n) is 2.89. The van der Waals surface area contributed by atoms with Crippen molar-refractivity contribution in [3.63, 3.8) is 0 Å². The molecule has 17 heavy (non-hydrogen) atoms. The summed E-state index contributed by atoms with van der Waals surface area (Å²) in [5.41, 5.74) is 6.25. The molecule has 6 heteroatoms. The summed E-state index contributed by atoms with van der Waals surface area (Å²) in [6.07, 6.45) is 2.73. The molecule has 0 bridgehead atoms. The van der Waals surface area contributed by atoms with Gasteiger partial charge < -0.3 is 10.6 Å². The van der Waals surface area contributed by atoms with E-state index in [1.54, 1.807) is 12.3 Å². The first-order chi connectivity index (χ1) is 8.22. The third kappa shape index (κ3) is 2.69. The maximum atomic E-state index is 7.57. The second-order valence-corrected chi connectivity index (χ2v) is 5.44. The fourth-order valence-corrected chi connectivity index (χ4v) is 3.11. The van der Waals surface area contributed by atoms with E-state index in [0.717, 1.165) is 31.1 Å². The van der Waals surface area contributed by atoms with Crippen molar-refractivity contribution in [2.24, 2.45) is 5.73 Å². The number of nitrogens with one attached hydrogen (secondary N) is 1. The first-order valence-corrected chi connectivity index (χ1v) is 6.80. The molecular formula is C11H17N5S. The zero-order valence-corrected chi connectivity index (χ0v) is 10.7. The molecule has 1 aromatic heterocycles. The molecule has 3 N–H and O–H groups in total. The fraction of sp³-hybridized carbons (Fsp3) is 0.545. The number of hydrogen-bond acceptors (Lipinski definition) is 5. The highest BCUT2D eigenvalue weighted by Crippen LogP contribution is 2.25. The first-order valence-electron chi connectivity index (χ1n) is 5.75. The molecule has 2 rings (SSSR count). The average molecular weight is 251 g/mol. The molecule has 0 amide bonds. The van der Waals surface area contributed by atoms with Crippen LogP contribution in [0, 0.1) is 5.41 Å². The Morgan fingerprint density at radius 2 is 2.53 bits per heavy atom. The monoisotopic (exact) mass is 251 g/mol. The number of aromatic nitrogens is 2. The van der Waals surface area contributed by atoms with Crippen molar-refractivity contribution in [3.8, 4) is 0 Å². The van der Waals surface area contributed by atoms with Crippen molar-refractivity contribution in [3.05, 3.63) is 17.8 Å². The Bertz CT molecular complexity index is 409. The summed E-state index contributed by atoms with van der Waals surface area (Å²) in [7, 11) is 0. The number of hydrogen-bond donors (Lipinski definition) is 2. The molecule has 0 saturated carbocycles. The van der Waals surface area contributed by atoms with Gasteiger partial charge in [0, 0.05) is 24.1 Å². The van der Waals surface area contributed by atoms with Crippen molar-refractivity contribution in [1.29, 1.82) is 5.41 Å². The largest absolute Gasteiger partial charge is 0.384 e. The number of anilines is 1. The van der Waals surface area contributed by atoms with E-state index >= 15 is 0 Å². The highest BCUT2D eigenvalue weighted by Gasteiger charge is 2.22. The molecule has 0 aromatic carbocycles. The first kappa shape index (κ1) is 12.2. The third-order valence-corrected chi connectivity index (χ3v) is 4.26. The number of rotatable bonds is 3. The van der Waals surface area contributed by atoms with Gasteiger partial charge in [-0.3, -0.25) is 5.41 Å². The van der Waals surface area contributed by atoms with Crippen LogP contribution < -0.4 is 10.6 Å². The SMILES string of the molecule is CCC1CN(c2nnccc2C(=N)N)CCS1. The van der Waals surface area contributed by atoms with Crippen molar-refractivity contribution < 1.29 is 0 Å². The van der Waals surface area contributed by atoms with Gasteiger partial charge in [-0.25, -0.2) is 0 Å². The van der Waals surface area contributed by atoms with Crippen LogP contribution in [0.3, 0.4) is 0 Å². The maximum absolute atomic E-state index is 7.57. The van der Waals surface area contributed by atoms with Gasteiger partial charge >= 0.3 is 0 Å². The Morgan fingerprint density at radius 3 is 3.24 bits per heavy atom. The molecule has 1 aliphatic heterocycles. The summed E-state index contributed by atoms with van der Waals surface area (Å²) in [5, 5.41) is 16.2. The van der Waals surface area contributed by atoms with Gasteiger partial charge in [-0.05, 0) is 12.5 Å². The molecule has 1 aromatic rings. The van der Waals surface area contributed by atoms with Crippen molar-refractivity contribution in [2.75, 3.05) is 23.7 Å². The summed E-state index contributed by atoms with van der Waals surface area (Å²) in [6.45, 7) is 4.10. The molecule has 1 fully saturated rings. The second kappa shape index (κ2) is 5.35. The van der Waals surface area contributed by atoms with E-state index in [2.05, 4.69) is 22.0 Å². The summed E-state index contributed by atoms with van der Waals surface area (Å²) in [5.74, 6) is 1.90. The van der Waals surface area contributed by atoms with Crippen LogP contribution in [0.15, 0.2) is 12.3 Å². The molecule has 0 aliphatic carbocycles. The van der Waals surface area contributed by atoms with Gasteiger partial charge in [-0.15, -0.1) is 5.10 Å². The van der Waals surface area contributed by atoms with E-state index in [1.165, 1.54) is 0 Å². The molecule has 1 aliphatic rings. The highest BCUT2D eigenvalue weighted by atomic mass is 32.2. The van der Waals surface area contributed by atoms with Gasteiger partial charge in [-0.1, -0.05) is 6.92 Å². The molecule has 2 heterocycles. The lowest BCUT2D eigenvalue weighted by atomic mass is 10.2. The number of nitrogen functional groups attached to an aromatic ring is 1. The standard InChI is InChI=1S/C11H17N5S/c1-2-8-7-16(5-6-17-8)11-9(10(12)13)3-4-14-15-11/h3-4,8H,2,5-7H2,1H3,(H3,12,13). The Morgan fingerprint density at radius 1 is 1.71 bits per heavy atom. The van der Waals surface area contributed by atoms with E-state index in [1.807, 2.05) is 11.8 Å².